The molecule has 0 saturated carbocycles. The molecule has 0 saturated heterocycles. The van der Waals surface area contributed by atoms with Crippen LogP contribution in [-0.2, 0) is 0 Å². The topological polar surface area (TPSA) is 6.48 Å². The molecule has 0 radical (unpaired) electrons. The number of para-hydroxylation sites is 2. The van der Waals surface area contributed by atoms with E-state index in [0.29, 0.717) is 0 Å². The first-order chi connectivity index (χ1) is 20.8. The molecule has 0 atom stereocenters. The summed E-state index contributed by atoms with van der Waals surface area (Å²) >= 11 is 0. The number of anilines is 2. The monoisotopic (exact) mass is 540 g/mol. The van der Waals surface area contributed by atoms with Gasteiger partial charge >= 0.3 is 0 Å². The molecule has 2 heteroatoms. The predicted molar refractivity (Wildman–Crippen MR) is 178 cm³/mol. The van der Waals surface area contributed by atoms with Gasteiger partial charge in [0, 0.05) is 34.7 Å². The Morgan fingerprint density at radius 1 is 0.333 bits per heavy atom. The minimum Gasteiger partial charge on any atom is -0.324 e. The second-order valence-corrected chi connectivity index (χ2v) is 10.6. The summed E-state index contributed by atoms with van der Waals surface area (Å²) < 4.78 is 0. The van der Waals surface area contributed by atoms with Gasteiger partial charge in [-0.3, -0.25) is 0 Å². The molecule has 1 aliphatic heterocycles. The fourth-order valence-corrected chi connectivity index (χ4v) is 6.10. The summed E-state index contributed by atoms with van der Waals surface area (Å²) in [4.78, 5) is 4.86. The van der Waals surface area contributed by atoms with E-state index in [1.807, 2.05) is 0 Å². The van der Waals surface area contributed by atoms with Crippen LogP contribution in [0.25, 0.3) is 44.5 Å². The number of hydrogen-bond acceptors (Lipinski definition) is 2. The quantitative estimate of drug-likeness (QED) is 0.207. The third-order valence-corrected chi connectivity index (χ3v) is 8.12. The second kappa shape index (κ2) is 11.3. The number of hydrogen-bond donors (Lipinski definition) is 0. The van der Waals surface area contributed by atoms with Crippen molar-refractivity contribution in [3.63, 3.8) is 0 Å². The fraction of sp³-hybridized carbons (Fsp3) is 0.0500. The molecule has 7 rings (SSSR count). The van der Waals surface area contributed by atoms with E-state index in [4.69, 9.17) is 0 Å². The Morgan fingerprint density at radius 2 is 0.595 bits per heavy atom. The zero-order valence-corrected chi connectivity index (χ0v) is 23.6. The summed E-state index contributed by atoms with van der Waals surface area (Å²) in [6.07, 6.45) is 4.52. The van der Waals surface area contributed by atoms with Gasteiger partial charge in [0.2, 0.25) is 0 Å². The molecular formula is C40H32N2. The molecule has 0 aliphatic carbocycles. The Kier molecular flexibility index (Phi) is 6.87. The van der Waals surface area contributed by atoms with Crippen molar-refractivity contribution in [1.82, 2.24) is 0 Å². The van der Waals surface area contributed by atoms with Gasteiger partial charge in [-0.15, -0.1) is 0 Å². The van der Waals surface area contributed by atoms with Gasteiger partial charge in [-0.2, -0.15) is 0 Å². The van der Waals surface area contributed by atoms with E-state index in [1.165, 1.54) is 55.9 Å². The molecule has 0 N–H and O–H groups in total. The molecule has 0 bridgehead atoms. The zero-order valence-electron chi connectivity index (χ0n) is 23.6. The second-order valence-electron chi connectivity index (χ2n) is 10.6. The van der Waals surface area contributed by atoms with Gasteiger partial charge in [0.15, 0.2) is 0 Å². The van der Waals surface area contributed by atoms with Crippen molar-refractivity contribution in [3.05, 3.63) is 170 Å². The van der Waals surface area contributed by atoms with Gasteiger partial charge < -0.3 is 9.80 Å². The maximum absolute atomic E-state index is 2.43. The van der Waals surface area contributed by atoms with Crippen molar-refractivity contribution in [3.8, 4) is 44.5 Å². The first-order valence-electron chi connectivity index (χ1n) is 14.5. The highest BCUT2D eigenvalue weighted by Crippen LogP contribution is 2.46. The van der Waals surface area contributed by atoms with Crippen molar-refractivity contribution in [2.45, 2.75) is 13.1 Å². The molecule has 2 nitrogen and oxygen atoms in total. The van der Waals surface area contributed by atoms with E-state index in [-0.39, 0.29) is 6.17 Å². The molecule has 0 aromatic heterocycles. The number of rotatable bonds is 6. The van der Waals surface area contributed by atoms with Crippen LogP contribution in [0.2, 0.25) is 0 Å². The zero-order chi connectivity index (χ0) is 28.3. The molecular weight excluding hydrogens is 508 g/mol. The van der Waals surface area contributed by atoms with Crippen LogP contribution < -0.4 is 9.80 Å². The molecule has 42 heavy (non-hydrogen) atoms. The first kappa shape index (κ1) is 25.6. The minimum atomic E-state index is 0.0321. The smallest absolute Gasteiger partial charge is 0.107 e. The van der Waals surface area contributed by atoms with Crippen LogP contribution in [0.4, 0.5) is 11.4 Å². The summed E-state index contributed by atoms with van der Waals surface area (Å²) in [5, 5.41) is 0. The van der Waals surface area contributed by atoms with Crippen LogP contribution in [0.3, 0.4) is 0 Å². The van der Waals surface area contributed by atoms with E-state index in [0.717, 1.165) is 0 Å². The normalized spacial score (nSPS) is 13.1. The van der Waals surface area contributed by atoms with Crippen molar-refractivity contribution in [2.24, 2.45) is 0 Å². The van der Waals surface area contributed by atoms with Gasteiger partial charge in [0.25, 0.3) is 0 Å². The summed E-state index contributed by atoms with van der Waals surface area (Å²) in [5.74, 6) is 0. The molecule has 0 spiro atoms. The van der Waals surface area contributed by atoms with Gasteiger partial charge in [0.05, 0.1) is 11.4 Å². The molecule has 202 valence electrons. The highest BCUT2D eigenvalue weighted by molar-refractivity contribution is 5.95. The van der Waals surface area contributed by atoms with E-state index >= 15 is 0 Å². The lowest BCUT2D eigenvalue weighted by Gasteiger charge is -2.34. The largest absolute Gasteiger partial charge is 0.324 e. The average Bonchev–Trinajstić information content (AvgIpc) is 3.45. The summed E-state index contributed by atoms with van der Waals surface area (Å²) in [7, 11) is 0. The molecule has 0 amide bonds. The molecule has 6 aromatic rings. The molecule has 6 aromatic carbocycles. The predicted octanol–water partition coefficient (Wildman–Crippen LogP) is 10.5. The Bertz CT molecular complexity index is 1580. The van der Waals surface area contributed by atoms with Crippen LogP contribution in [0.1, 0.15) is 6.92 Å². The summed E-state index contributed by atoms with van der Waals surface area (Å²) in [5.41, 5.74) is 12.1. The Morgan fingerprint density at radius 3 is 0.857 bits per heavy atom. The Hall–Kier alpha value is -5.34. The third kappa shape index (κ3) is 4.67. The van der Waals surface area contributed by atoms with E-state index < -0.39 is 0 Å². The van der Waals surface area contributed by atoms with Gasteiger partial charge in [-0.25, -0.2) is 0 Å². The van der Waals surface area contributed by atoms with Crippen molar-refractivity contribution in [1.29, 1.82) is 0 Å². The van der Waals surface area contributed by atoms with Crippen LogP contribution in [0, 0.1) is 0 Å². The SMILES string of the molecule is CC1N(c2c(-c3ccccc3)cccc2-c2ccccc2)C=CN1c1c(-c2ccccc2)cccc1-c1ccccc1. The van der Waals surface area contributed by atoms with Crippen LogP contribution in [0.15, 0.2) is 170 Å². The Balaban J connectivity index is 1.40. The number of benzene rings is 6. The summed E-state index contributed by atoms with van der Waals surface area (Å²) in [6.45, 7) is 2.30. The van der Waals surface area contributed by atoms with Crippen LogP contribution >= 0.6 is 0 Å². The maximum Gasteiger partial charge on any atom is 0.107 e. The standard InChI is InChI=1S/C40H32N2/c1-30-41(39-35(31-16-6-2-7-17-31)24-14-25-36(39)32-18-8-3-9-19-32)28-29-42(30)40-37(33-20-10-4-11-21-33)26-15-27-38(40)34-22-12-5-13-23-34/h2-30H,1H3. The lowest BCUT2D eigenvalue weighted by molar-refractivity contribution is 0.752. The lowest BCUT2D eigenvalue weighted by Crippen LogP contribution is -2.37. The minimum absolute atomic E-state index is 0.0321. The lowest BCUT2D eigenvalue weighted by atomic mass is 9.94. The molecule has 1 aliphatic rings. The van der Waals surface area contributed by atoms with E-state index in [1.54, 1.807) is 0 Å². The molecule has 0 fully saturated rings. The van der Waals surface area contributed by atoms with Crippen molar-refractivity contribution in [2.75, 3.05) is 9.80 Å². The van der Waals surface area contributed by atoms with Crippen molar-refractivity contribution < 1.29 is 0 Å². The fourth-order valence-electron chi connectivity index (χ4n) is 6.10. The van der Waals surface area contributed by atoms with Gasteiger partial charge in [0.1, 0.15) is 6.17 Å². The van der Waals surface area contributed by atoms with E-state index in [2.05, 4.69) is 187 Å². The number of nitrogens with zero attached hydrogens (tertiary/aromatic N) is 2. The first-order valence-corrected chi connectivity index (χ1v) is 14.5. The highest BCUT2D eigenvalue weighted by Gasteiger charge is 2.31. The third-order valence-electron chi connectivity index (χ3n) is 8.12. The Labute approximate surface area is 248 Å². The van der Waals surface area contributed by atoms with Gasteiger partial charge in [-0.05, 0) is 29.2 Å². The molecule has 0 unspecified atom stereocenters. The van der Waals surface area contributed by atoms with Crippen molar-refractivity contribution >= 4 is 11.4 Å². The van der Waals surface area contributed by atoms with Gasteiger partial charge in [-0.1, -0.05) is 158 Å². The van der Waals surface area contributed by atoms with E-state index in [9.17, 15) is 0 Å². The van der Waals surface area contributed by atoms with Crippen LogP contribution in [0.5, 0.6) is 0 Å². The summed E-state index contributed by atoms with van der Waals surface area (Å²) in [6, 6.07) is 56.2. The maximum atomic E-state index is 2.43. The average molecular weight is 541 g/mol. The molecule has 1 heterocycles. The highest BCUT2D eigenvalue weighted by atomic mass is 15.4. The van der Waals surface area contributed by atoms with Crippen LogP contribution in [-0.4, -0.2) is 6.17 Å².